The Kier molecular flexibility index (Phi) is 3.91. The summed E-state index contributed by atoms with van der Waals surface area (Å²) in [5, 5.41) is 3.94. The Morgan fingerprint density at radius 1 is 1.21 bits per heavy atom. The largest absolute Gasteiger partial charge is 0.352 e. The number of aromatic nitrogens is 1. The fourth-order valence-electron chi connectivity index (χ4n) is 4.80. The summed E-state index contributed by atoms with van der Waals surface area (Å²) < 4.78 is 1.95. The molecule has 2 saturated carbocycles. The number of carbonyl (C=O) groups is 1. The molecule has 3 atom stereocenters. The van der Waals surface area contributed by atoms with Crippen molar-refractivity contribution in [1.29, 1.82) is 0 Å². The van der Waals surface area contributed by atoms with Crippen LogP contribution < -0.4 is 10.7 Å². The number of amides is 1. The highest BCUT2D eigenvalue weighted by atomic mass is 16.2. The highest BCUT2D eigenvalue weighted by Crippen LogP contribution is 2.43. The van der Waals surface area contributed by atoms with Crippen LogP contribution in [0, 0.1) is 18.8 Å². The van der Waals surface area contributed by atoms with Crippen molar-refractivity contribution in [3.63, 3.8) is 0 Å². The van der Waals surface area contributed by atoms with Gasteiger partial charge in [0.2, 0.25) is 5.91 Å². The van der Waals surface area contributed by atoms with Crippen LogP contribution in [0.25, 0.3) is 10.9 Å². The van der Waals surface area contributed by atoms with Crippen LogP contribution in [-0.2, 0) is 11.3 Å². The Hall–Kier alpha value is -2.10. The molecule has 2 fully saturated rings. The number of aryl methyl sites for hydroxylation is 1. The molecule has 4 nitrogen and oxygen atoms in total. The summed E-state index contributed by atoms with van der Waals surface area (Å²) in [6, 6.07) is 9.48. The molecule has 1 aromatic carbocycles. The molecule has 0 radical (unpaired) electrons. The Labute approximate surface area is 141 Å². The molecular weight excluding hydrogens is 300 g/mol. The van der Waals surface area contributed by atoms with Crippen molar-refractivity contribution in [2.75, 3.05) is 0 Å². The van der Waals surface area contributed by atoms with E-state index in [1.165, 1.54) is 25.7 Å². The van der Waals surface area contributed by atoms with Gasteiger partial charge >= 0.3 is 0 Å². The van der Waals surface area contributed by atoms with Crippen LogP contribution in [0.4, 0.5) is 0 Å². The number of carbonyl (C=O) groups excluding carboxylic acids is 1. The molecule has 1 heterocycles. The first kappa shape index (κ1) is 15.4. The average molecular weight is 324 g/mol. The maximum absolute atomic E-state index is 12.6. The molecule has 0 bridgehead atoms. The minimum Gasteiger partial charge on any atom is -0.352 e. The third kappa shape index (κ3) is 2.64. The maximum atomic E-state index is 12.6. The predicted molar refractivity (Wildman–Crippen MR) is 94.9 cm³/mol. The molecule has 24 heavy (non-hydrogen) atoms. The number of benzene rings is 1. The van der Waals surface area contributed by atoms with Gasteiger partial charge in [-0.05, 0) is 50.2 Å². The third-order valence-electron chi connectivity index (χ3n) is 5.96. The van der Waals surface area contributed by atoms with Crippen LogP contribution in [-0.4, -0.2) is 16.5 Å². The first-order valence-electron chi connectivity index (χ1n) is 9.02. The van der Waals surface area contributed by atoms with Crippen molar-refractivity contribution in [3.05, 3.63) is 46.2 Å². The molecule has 1 amide bonds. The van der Waals surface area contributed by atoms with Crippen molar-refractivity contribution in [1.82, 2.24) is 9.88 Å². The number of nitrogens with zero attached hydrogens (tertiary/aromatic N) is 1. The first-order chi connectivity index (χ1) is 11.6. The molecule has 4 heteroatoms. The quantitative estimate of drug-likeness (QED) is 0.943. The summed E-state index contributed by atoms with van der Waals surface area (Å²) >= 11 is 0. The summed E-state index contributed by atoms with van der Waals surface area (Å²) in [4.78, 5) is 24.8. The minimum atomic E-state index is 0.0179. The molecule has 0 unspecified atom stereocenters. The monoisotopic (exact) mass is 324 g/mol. The van der Waals surface area contributed by atoms with E-state index in [9.17, 15) is 9.59 Å². The van der Waals surface area contributed by atoms with Gasteiger partial charge in [0.25, 0.3) is 0 Å². The standard InChI is InChI=1S/C20H24N2O2/c1-13-11-19(23)16-6-2-3-8-18(16)22(13)12-20(24)21-17-10-9-14-5-4-7-15(14)17/h2-3,6,8,11,14-15,17H,4-5,7,9-10,12H2,1H3,(H,21,24)/t14-,15-,17-/m1/s1. The smallest absolute Gasteiger partial charge is 0.240 e. The van der Waals surface area contributed by atoms with Crippen LogP contribution in [0.2, 0.25) is 0 Å². The van der Waals surface area contributed by atoms with Gasteiger partial charge in [-0.2, -0.15) is 0 Å². The predicted octanol–water partition coefficient (Wildman–Crippen LogP) is 3.00. The molecule has 1 N–H and O–H groups in total. The number of rotatable bonds is 3. The minimum absolute atomic E-state index is 0.0179. The Morgan fingerprint density at radius 3 is 2.92 bits per heavy atom. The van der Waals surface area contributed by atoms with Gasteiger partial charge in [0.15, 0.2) is 5.43 Å². The lowest BCUT2D eigenvalue weighted by molar-refractivity contribution is -0.122. The van der Waals surface area contributed by atoms with Crippen LogP contribution in [0.3, 0.4) is 0 Å². The van der Waals surface area contributed by atoms with Crippen molar-refractivity contribution < 1.29 is 4.79 Å². The number of para-hydroxylation sites is 1. The lowest BCUT2D eigenvalue weighted by Crippen LogP contribution is -2.39. The highest BCUT2D eigenvalue weighted by Gasteiger charge is 2.39. The molecule has 2 aliphatic carbocycles. The van der Waals surface area contributed by atoms with E-state index in [4.69, 9.17) is 0 Å². The molecule has 0 saturated heterocycles. The highest BCUT2D eigenvalue weighted by molar-refractivity contribution is 5.82. The summed E-state index contributed by atoms with van der Waals surface area (Å²) in [7, 11) is 0. The van der Waals surface area contributed by atoms with Gasteiger partial charge in [-0.15, -0.1) is 0 Å². The fraction of sp³-hybridized carbons (Fsp3) is 0.500. The van der Waals surface area contributed by atoms with Gasteiger partial charge in [0.05, 0.1) is 5.52 Å². The zero-order valence-corrected chi connectivity index (χ0v) is 14.1. The summed E-state index contributed by atoms with van der Waals surface area (Å²) in [5.74, 6) is 1.57. The van der Waals surface area contributed by atoms with Crippen LogP contribution in [0.1, 0.15) is 37.8 Å². The average Bonchev–Trinajstić information content (AvgIpc) is 3.17. The van der Waals surface area contributed by atoms with E-state index >= 15 is 0 Å². The second-order valence-electron chi connectivity index (χ2n) is 7.36. The number of hydrogen-bond donors (Lipinski definition) is 1. The Morgan fingerprint density at radius 2 is 2.04 bits per heavy atom. The molecule has 126 valence electrons. The first-order valence-corrected chi connectivity index (χ1v) is 9.02. The number of pyridine rings is 1. The molecule has 4 rings (SSSR count). The van der Waals surface area contributed by atoms with E-state index in [1.807, 2.05) is 35.8 Å². The number of fused-ring (bicyclic) bond motifs is 2. The van der Waals surface area contributed by atoms with Crippen molar-refractivity contribution in [2.24, 2.45) is 11.8 Å². The third-order valence-corrected chi connectivity index (χ3v) is 5.96. The van der Waals surface area contributed by atoms with E-state index in [0.29, 0.717) is 17.3 Å². The SMILES string of the molecule is Cc1cc(=O)c2ccccc2n1CC(=O)N[C@@H]1CC[C@H]2CCC[C@H]21. The lowest BCUT2D eigenvalue weighted by Gasteiger charge is -2.21. The normalized spacial score (nSPS) is 25.8. The van der Waals surface area contributed by atoms with Gasteiger partial charge in [0, 0.05) is 23.2 Å². The molecule has 0 spiro atoms. The topological polar surface area (TPSA) is 51.1 Å². The molecule has 0 aliphatic heterocycles. The van der Waals surface area contributed by atoms with E-state index < -0.39 is 0 Å². The molecular formula is C20H24N2O2. The zero-order valence-electron chi connectivity index (χ0n) is 14.1. The Bertz CT molecular complexity index is 839. The van der Waals surface area contributed by atoms with Gasteiger partial charge < -0.3 is 9.88 Å². The van der Waals surface area contributed by atoms with Crippen molar-refractivity contribution in [2.45, 2.75) is 51.6 Å². The van der Waals surface area contributed by atoms with Crippen LogP contribution >= 0.6 is 0 Å². The van der Waals surface area contributed by atoms with Crippen LogP contribution in [0.15, 0.2) is 35.1 Å². The summed E-state index contributed by atoms with van der Waals surface area (Å²) in [6.07, 6.45) is 6.28. The fourth-order valence-corrected chi connectivity index (χ4v) is 4.80. The van der Waals surface area contributed by atoms with Gasteiger partial charge in [-0.1, -0.05) is 25.0 Å². The van der Waals surface area contributed by atoms with Crippen LogP contribution in [0.5, 0.6) is 0 Å². The van der Waals surface area contributed by atoms with E-state index in [1.54, 1.807) is 6.07 Å². The molecule has 2 aromatic rings. The second-order valence-corrected chi connectivity index (χ2v) is 7.36. The van der Waals surface area contributed by atoms with E-state index in [2.05, 4.69) is 5.32 Å². The lowest BCUT2D eigenvalue weighted by atomic mass is 9.98. The van der Waals surface area contributed by atoms with E-state index in [0.717, 1.165) is 23.5 Å². The second kappa shape index (κ2) is 6.08. The number of hydrogen-bond acceptors (Lipinski definition) is 2. The van der Waals surface area contributed by atoms with Gasteiger partial charge in [0.1, 0.15) is 6.54 Å². The van der Waals surface area contributed by atoms with Gasteiger partial charge in [-0.25, -0.2) is 0 Å². The Balaban J connectivity index is 1.56. The molecule has 1 aromatic heterocycles. The summed E-state index contributed by atoms with van der Waals surface area (Å²) in [6.45, 7) is 2.17. The van der Waals surface area contributed by atoms with Crippen molar-refractivity contribution in [3.8, 4) is 0 Å². The summed E-state index contributed by atoms with van der Waals surface area (Å²) in [5.41, 5.74) is 1.69. The van der Waals surface area contributed by atoms with Crippen molar-refractivity contribution >= 4 is 16.8 Å². The molecule has 2 aliphatic rings. The zero-order chi connectivity index (χ0) is 16.7. The van der Waals surface area contributed by atoms with Gasteiger partial charge in [-0.3, -0.25) is 9.59 Å². The number of nitrogens with one attached hydrogen (secondary N) is 1. The van der Waals surface area contributed by atoms with E-state index in [-0.39, 0.29) is 17.9 Å². The maximum Gasteiger partial charge on any atom is 0.240 e.